The summed E-state index contributed by atoms with van der Waals surface area (Å²) >= 11 is 0. The third kappa shape index (κ3) is 5.28. The van der Waals surface area contributed by atoms with Crippen LogP contribution in [0.2, 0.25) is 0 Å². The van der Waals surface area contributed by atoms with E-state index in [1.807, 2.05) is 53.4 Å². The molecular formula is C30H37N3O2. The topological polar surface area (TPSA) is 52.7 Å². The number of likely N-dealkylation sites (tertiary alicyclic amines) is 1. The first-order chi connectivity index (χ1) is 17.0. The van der Waals surface area contributed by atoms with Crippen molar-refractivity contribution in [3.63, 3.8) is 0 Å². The Bertz CT molecular complexity index is 1150. The lowest BCUT2D eigenvalue weighted by molar-refractivity contribution is -0.127. The summed E-state index contributed by atoms with van der Waals surface area (Å²) < 4.78 is 0. The lowest BCUT2D eigenvalue weighted by Crippen LogP contribution is -2.43. The van der Waals surface area contributed by atoms with Crippen LogP contribution in [0.3, 0.4) is 0 Å². The summed E-state index contributed by atoms with van der Waals surface area (Å²) in [5.74, 6) is 6.69. The van der Waals surface area contributed by atoms with Crippen LogP contribution in [0.15, 0.2) is 48.5 Å². The van der Waals surface area contributed by atoms with Crippen LogP contribution < -0.4 is 10.2 Å². The van der Waals surface area contributed by atoms with E-state index in [1.54, 1.807) is 0 Å². The highest BCUT2D eigenvalue weighted by molar-refractivity contribution is 5.95. The summed E-state index contributed by atoms with van der Waals surface area (Å²) in [6.45, 7) is 3.20. The van der Waals surface area contributed by atoms with Crippen molar-refractivity contribution in [3.05, 3.63) is 65.2 Å². The zero-order chi connectivity index (χ0) is 24.3. The van der Waals surface area contributed by atoms with Crippen LogP contribution in [0.4, 0.5) is 5.69 Å². The van der Waals surface area contributed by atoms with Gasteiger partial charge in [-0.05, 0) is 87.8 Å². The third-order valence-electron chi connectivity index (χ3n) is 8.28. The first kappa shape index (κ1) is 23.6. The summed E-state index contributed by atoms with van der Waals surface area (Å²) in [6.07, 6.45) is 7.05. The van der Waals surface area contributed by atoms with Gasteiger partial charge in [-0.3, -0.25) is 9.59 Å². The zero-order valence-electron chi connectivity index (χ0n) is 20.7. The summed E-state index contributed by atoms with van der Waals surface area (Å²) in [5.41, 5.74) is 4.13. The van der Waals surface area contributed by atoms with Gasteiger partial charge in [-0.15, -0.1) is 0 Å². The van der Waals surface area contributed by atoms with E-state index in [2.05, 4.69) is 29.1 Å². The van der Waals surface area contributed by atoms with Crippen molar-refractivity contribution in [1.82, 2.24) is 10.2 Å². The molecule has 1 saturated heterocycles. The van der Waals surface area contributed by atoms with Crippen LogP contribution in [0.5, 0.6) is 0 Å². The van der Waals surface area contributed by atoms with Crippen molar-refractivity contribution in [2.45, 2.75) is 51.5 Å². The second-order valence-corrected chi connectivity index (χ2v) is 10.5. The van der Waals surface area contributed by atoms with Gasteiger partial charge in [0.2, 0.25) is 11.8 Å². The minimum Gasteiger partial charge on any atom is -0.355 e. The van der Waals surface area contributed by atoms with Crippen molar-refractivity contribution in [3.8, 4) is 11.8 Å². The molecule has 0 atom stereocenters. The van der Waals surface area contributed by atoms with E-state index in [-0.39, 0.29) is 25.6 Å². The molecule has 2 heterocycles. The predicted octanol–water partition coefficient (Wildman–Crippen LogP) is 4.59. The number of rotatable bonds is 4. The summed E-state index contributed by atoms with van der Waals surface area (Å²) in [4.78, 5) is 30.5. The molecule has 5 rings (SSSR count). The Morgan fingerprint density at radius 3 is 2.40 bits per heavy atom. The molecule has 5 nitrogen and oxygen atoms in total. The number of nitrogens with one attached hydrogen (secondary N) is 1. The number of hydrogen-bond donors (Lipinski definition) is 1. The highest BCUT2D eigenvalue weighted by atomic mass is 16.2. The Morgan fingerprint density at radius 2 is 1.63 bits per heavy atom. The monoisotopic (exact) mass is 471 g/mol. The van der Waals surface area contributed by atoms with E-state index >= 15 is 0 Å². The fourth-order valence-electron chi connectivity index (χ4n) is 5.86. The average molecular weight is 472 g/mol. The van der Waals surface area contributed by atoms with Gasteiger partial charge in [0.15, 0.2) is 0 Å². The Hall–Kier alpha value is -3.10. The number of benzene rings is 2. The lowest BCUT2D eigenvalue weighted by atomic mass is 9.65. The highest BCUT2D eigenvalue weighted by Crippen LogP contribution is 2.46. The van der Waals surface area contributed by atoms with Crippen LogP contribution in [0.1, 0.15) is 63.1 Å². The summed E-state index contributed by atoms with van der Waals surface area (Å²) in [5, 5.41) is 3.07. The minimum absolute atomic E-state index is 0. The number of piperidine rings is 1. The molecule has 1 N–H and O–H groups in total. The van der Waals surface area contributed by atoms with Gasteiger partial charge in [0.05, 0.1) is 12.2 Å². The molecule has 2 aromatic rings. The molecule has 2 amide bonds. The van der Waals surface area contributed by atoms with E-state index in [0.29, 0.717) is 18.5 Å². The van der Waals surface area contributed by atoms with Crippen molar-refractivity contribution < 1.29 is 11.0 Å². The number of amides is 2. The first-order valence-corrected chi connectivity index (χ1v) is 13.0. The van der Waals surface area contributed by atoms with Crippen LogP contribution >= 0.6 is 0 Å². The number of para-hydroxylation sites is 1. The number of nitrogens with zero attached hydrogens (tertiary/aromatic N) is 2. The molecule has 0 aromatic heterocycles. The van der Waals surface area contributed by atoms with Gasteiger partial charge >= 0.3 is 0 Å². The number of hydrogen-bond acceptors (Lipinski definition) is 3. The standard InChI is InChI=1S/C30H35N3O2.H2/c1-32-20-17-30(18-21-32)15-12-25(13-16-30)29(35)31-19-14-28(34)33-22-26-8-3-2-6-23(26)10-11-24-7-4-5-9-27(24)33;/h2-9,25H,12-22H2,1H3,(H,31,35);1H. The normalized spacial score (nSPS) is 19.5. The van der Waals surface area contributed by atoms with E-state index in [9.17, 15) is 9.59 Å². The molecule has 3 aliphatic rings. The first-order valence-electron chi connectivity index (χ1n) is 13.0. The van der Waals surface area contributed by atoms with Crippen LogP contribution in [0, 0.1) is 23.2 Å². The van der Waals surface area contributed by atoms with Crippen LogP contribution in [0.25, 0.3) is 0 Å². The molecule has 5 heteroatoms. The molecule has 0 radical (unpaired) electrons. The lowest BCUT2D eigenvalue weighted by Gasteiger charge is -2.45. The van der Waals surface area contributed by atoms with E-state index in [4.69, 9.17) is 0 Å². The maximum atomic E-state index is 13.3. The van der Waals surface area contributed by atoms with Gasteiger partial charge in [-0.25, -0.2) is 0 Å². The van der Waals surface area contributed by atoms with Crippen molar-refractivity contribution in [2.24, 2.45) is 11.3 Å². The van der Waals surface area contributed by atoms with Gasteiger partial charge in [-0.2, -0.15) is 0 Å². The molecule has 2 aliphatic heterocycles. The van der Waals surface area contributed by atoms with E-state index in [0.717, 1.165) is 48.1 Å². The van der Waals surface area contributed by atoms with Gasteiger partial charge in [0.25, 0.3) is 0 Å². The number of carbonyl (C=O) groups excluding carboxylic acids is 2. The Morgan fingerprint density at radius 1 is 0.971 bits per heavy atom. The molecule has 0 unspecified atom stereocenters. The maximum absolute atomic E-state index is 13.3. The SMILES string of the molecule is CN1CCC2(CCC(C(=O)NCCC(=O)N3Cc4ccccc4C#Cc4ccccc43)CC2)CC1.[HH]. The summed E-state index contributed by atoms with van der Waals surface area (Å²) in [7, 11) is 2.20. The molecule has 1 saturated carbocycles. The van der Waals surface area contributed by atoms with Gasteiger partial charge in [-0.1, -0.05) is 42.2 Å². The second kappa shape index (κ2) is 10.3. The molecule has 35 heavy (non-hydrogen) atoms. The molecule has 0 bridgehead atoms. The second-order valence-electron chi connectivity index (χ2n) is 10.5. The Kier molecular flexibility index (Phi) is 6.92. The highest BCUT2D eigenvalue weighted by Gasteiger charge is 2.39. The van der Waals surface area contributed by atoms with Gasteiger partial charge in [0.1, 0.15) is 0 Å². The number of carbonyl (C=O) groups is 2. The quantitative estimate of drug-likeness (QED) is 0.664. The molecule has 184 valence electrons. The van der Waals surface area contributed by atoms with Crippen LogP contribution in [-0.2, 0) is 16.1 Å². The fourth-order valence-corrected chi connectivity index (χ4v) is 5.86. The maximum Gasteiger partial charge on any atom is 0.229 e. The van der Waals surface area contributed by atoms with Gasteiger partial charge in [0, 0.05) is 31.4 Å². The Balaban J connectivity index is 0.00000304. The fraction of sp³-hybridized carbons (Fsp3) is 0.467. The number of fused-ring (bicyclic) bond motifs is 2. The van der Waals surface area contributed by atoms with Crippen molar-refractivity contribution in [1.29, 1.82) is 0 Å². The van der Waals surface area contributed by atoms with E-state index < -0.39 is 0 Å². The predicted molar refractivity (Wildman–Crippen MR) is 141 cm³/mol. The molecule has 1 aliphatic carbocycles. The van der Waals surface area contributed by atoms with Crippen LogP contribution in [-0.4, -0.2) is 43.4 Å². The Labute approximate surface area is 210 Å². The molecule has 2 aromatic carbocycles. The molecule has 2 fully saturated rings. The zero-order valence-corrected chi connectivity index (χ0v) is 20.7. The van der Waals surface area contributed by atoms with Gasteiger partial charge < -0.3 is 15.1 Å². The molecular weight excluding hydrogens is 434 g/mol. The third-order valence-corrected chi connectivity index (χ3v) is 8.28. The number of anilines is 1. The largest absolute Gasteiger partial charge is 0.355 e. The van der Waals surface area contributed by atoms with Crippen molar-refractivity contribution >= 4 is 17.5 Å². The van der Waals surface area contributed by atoms with Crippen molar-refractivity contribution in [2.75, 3.05) is 31.6 Å². The van der Waals surface area contributed by atoms with E-state index in [1.165, 1.54) is 25.9 Å². The minimum atomic E-state index is 0. The average Bonchev–Trinajstić information content (AvgIpc) is 2.87. The summed E-state index contributed by atoms with van der Waals surface area (Å²) in [6, 6.07) is 15.8. The molecule has 1 spiro atoms. The smallest absolute Gasteiger partial charge is 0.229 e.